The number of guanidine groups is 2. The average molecular weight is 2160 g/mol. The van der Waals surface area contributed by atoms with Crippen LogP contribution in [0.3, 0.4) is 0 Å². The summed E-state index contributed by atoms with van der Waals surface area (Å²) in [6.07, 6.45) is -3.11. The molecule has 60 heteroatoms. The number of nitrogens with one attached hydrogen (secondary N) is 22. The lowest BCUT2D eigenvalue weighted by atomic mass is 10.0. The molecule has 780 valence electrons. The van der Waals surface area contributed by atoms with Gasteiger partial charge in [0.1, 0.15) is 103 Å². The molecular weight excluding hydrogens is 2020 g/mol. The molecule has 1 aromatic rings. The summed E-state index contributed by atoms with van der Waals surface area (Å²) in [4.78, 5) is 306. The molecule has 1 fully saturated rings. The normalized spacial score (nSPS) is 16.0. The molecule has 19 atom stereocenters. The predicted octanol–water partition coefficient (Wildman–Crippen LogP) is -12.4. The van der Waals surface area contributed by atoms with Crippen LogP contribution in [0.5, 0.6) is 0 Å². The van der Waals surface area contributed by atoms with E-state index in [1.54, 1.807) is 36.7 Å². The molecule has 0 spiro atoms. The minimum atomic E-state index is -1.95. The summed E-state index contributed by atoms with van der Waals surface area (Å²) >= 11 is 18.2. The quantitative estimate of drug-likeness (QED) is 0.00719. The molecule has 21 amide bonds. The lowest BCUT2D eigenvalue weighted by Crippen LogP contribution is -2.61. The highest BCUT2D eigenvalue weighted by atomic mass is 128. The standard InChI is InChI=1S/C79H134IN31O24S4/c1-35(2)26-48(103-61(119)37(4)95-76(134)59(39(6)112)109-68(126)47(18-21-58(116)117)102-75(133)54-15-11-25-111(54)77(135)38(5)96-63(121)42(12-7-8-22-81)99-72(130)53(33-139)108-70(128)50(28-57(85)115)104-62(120)41(82)30-136)69(127)107-51(31-137)71(129)94-36(3)60(118)97-43(13-9-23-91-78(86)87)64(122)98-44(14-10-24-92-79(88)89)65(123)106-52(32-138)73(131)101-45(16-19-55(83)113)66(124)100-46(17-20-56(84)114)67(125)105-49(74(132)110-80)27-40-29-90-34-93-40/h29,34-39,41-54,59,112,136-139H,7-28,30-33,81-82H2,1-6H3,(H2,83,113)(H2,84,114)(H2,85,115)(H,90,93)(H,94,129)(H,95,134)(H,96,121)(H,97,118)(H,98,122)(H,99,130)(H,100,124)(H,101,131)(H,102,133)(H,103,119)(H,104,120)(H,105,125)(H,106,123)(H,107,127)(H,108,128)(H,109,126)(H,110,132)(H,116,117)(H4,86,87,91)(H4,88,89,92)/t36-,37-,38-,39+,41-,42-,43-,44-,45-,46-,47-,48-,49-,50-,51-,52-,53-,54-,59-/m0/s1/i80+1. The zero-order chi connectivity index (χ0) is 105. The minimum absolute atomic E-state index is 0.00459. The molecule has 0 saturated carbocycles. The monoisotopic (exact) mass is 2160 g/mol. The lowest BCUT2D eigenvalue weighted by molar-refractivity contribution is -0.142. The largest absolute Gasteiger partial charge is 0.481 e. The highest BCUT2D eigenvalue weighted by Gasteiger charge is 2.43. The van der Waals surface area contributed by atoms with Crippen LogP contribution in [0.1, 0.15) is 156 Å². The Morgan fingerprint density at radius 1 is 0.446 bits per heavy atom. The van der Waals surface area contributed by atoms with Gasteiger partial charge in [-0.3, -0.25) is 120 Å². The van der Waals surface area contributed by atoms with Crippen LogP contribution in [0.25, 0.3) is 0 Å². The van der Waals surface area contributed by atoms with Crippen molar-refractivity contribution in [2.24, 2.45) is 46.1 Å². The number of nitrogens with zero attached hydrogens (tertiary/aromatic N) is 2. The molecule has 2 heterocycles. The number of H-pyrrole nitrogens is 1. The third-order valence-electron chi connectivity index (χ3n) is 20.9. The molecule has 0 aliphatic carbocycles. The van der Waals surface area contributed by atoms with E-state index in [9.17, 15) is 116 Å². The molecule has 55 nitrogen and oxygen atoms in total. The van der Waals surface area contributed by atoms with Crippen molar-refractivity contribution in [2.45, 2.75) is 272 Å². The van der Waals surface area contributed by atoms with Gasteiger partial charge in [0.05, 0.1) is 47.8 Å². The summed E-state index contributed by atoms with van der Waals surface area (Å²) in [5.74, 6) is -25.1. The molecule has 0 unspecified atom stereocenters. The molecule has 139 heavy (non-hydrogen) atoms. The second-order valence-corrected chi connectivity index (χ2v) is 34.9. The number of aliphatic hydroxyl groups is 1. The van der Waals surface area contributed by atoms with Gasteiger partial charge in [-0.2, -0.15) is 50.5 Å². The first-order valence-corrected chi connectivity index (χ1v) is 47.8. The number of halogens is 1. The third kappa shape index (κ3) is 46.2. The van der Waals surface area contributed by atoms with E-state index in [-0.39, 0.29) is 108 Å². The van der Waals surface area contributed by atoms with Crippen molar-refractivity contribution in [3.8, 4) is 0 Å². The van der Waals surface area contributed by atoms with Gasteiger partial charge in [0, 0.05) is 80.2 Å². The van der Waals surface area contributed by atoms with Crippen molar-refractivity contribution in [1.29, 1.82) is 10.8 Å². The van der Waals surface area contributed by atoms with E-state index in [0.717, 1.165) is 18.7 Å². The number of carbonyl (C=O) groups excluding carboxylic acids is 21. The Hall–Kier alpha value is -11.9. The van der Waals surface area contributed by atoms with Gasteiger partial charge in [-0.15, -0.1) is 0 Å². The number of carbonyl (C=O) groups is 22. The summed E-state index contributed by atoms with van der Waals surface area (Å²) in [7, 11) is 0. The second-order valence-electron chi connectivity index (χ2n) is 32.9. The molecule has 0 aromatic carbocycles. The zero-order valence-electron chi connectivity index (χ0n) is 77.6. The molecule has 38 N–H and O–H groups in total. The molecule has 0 bridgehead atoms. The molecule has 1 saturated heterocycles. The average Bonchev–Trinajstić information content (AvgIpc) is 1.71. The molecule has 1 aliphatic heterocycles. The van der Waals surface area contributed by atoms with Crippen LogP contribution in [-0.4, -0.2) is 331 Å². The predicted molar refractivity (Wildman–Crippen MR) is 520 cm³/mol. The topological polar surface area (TPSA) is 906 Å². The number of aromatic nitrogens is 2. The maximum Gasteiger partial charge on any atom is 0.303 e. The van der Waals surface area contributed by atoms with E-state index in [1.807, 2.05) is 0 Å². The number of aliphatic hydroxyl groups excluding tert-OH is 1. The highest BCUT2D eigenvalue weighted by molar-refractivity contribution is 14.1. The number of thiol groups is 4. The smallest absolute Gasteiger partial charge is 0.303 e. The van der Waals surface area contributed by atoms with E-state index in [2.05, 4.69) is 160 Å². The number of hydrogen-bond acceptors (Lipinski definition) is 32. The summed E-state index contributed by atoms with van der Waals surface area (Å²) in [6, 6.07) is -27.8. The van der Waals surface area contributed by atoms with Crippen molar-refractivity contribution in [1.82, 2.24) is 114 Å². The fraction of sp³-hybridized carbons (Fsp3) is 0.658. The first-order chi connectivity index (χ1) is 65.4. The van der Waals surface area contributed by atoms with Crippen LogP contribution in [0.4, 0.5) is 0 Å². The molecule has 1 aliphatic rings. The third-order valence-corrected chi connectivity index (χ3v) is 22.9. The van der Waals surface area contributed by atoms with Gasteiger partial charge < -0.3 is 156 Å². The highest BCUT2D eigenvalue weighted by Crippen LogP contribution is 2.21. The molecule has 0 radical (unpaired) electrons. The Morgan fingerprint density at radius 2 is 0.820 bits per heavy atom. The number of hydrogen-bond donors (Lipinski definition) is 35. The van der Waals surface area contributed by atoms with Crippen molar-refractivity contribution in [3.05, 3.63) is 18.2 Å². The maximum atomic E-state index is 14.5. The van der Waals surface area contributed by atoms with Crippen LogP contribution in [0.2, 0.25) is 0 Å². The van der Waals surface area contributed by atoms with Gasteiger partial charge >= 0.3 is 5.97 Å². The lowest BCUT2D eigenvalue weighted by Gasteiger charge is -2.30. The Kier molecular flexibility index (Phi) is 57.0. The van der Waals surface area contributed by atoms with E-state index in [0.29, 0.717) is 12.1 Å². The van der Waals surface area contributed by atoms with Gasteiger partial charge in [0.15, 0.2) is 11.9 Å². The molecule has 1 aromatic heterocycles. The minimum Gasteiger partial charge on any atom is -0.481 e. The van der Waals surface area contributed by atoms with E-state index >= 15 is 0 Å². The summed E-state index contributed by atoms with van der Waals surface area (Å²) in [6.45, 7) is 8.03. The maximum absolute atomic E-state index is 14.5. The Morgan fingerprint density at radius 3 is 1.23 bits per heavy atom. The van der Waals surface area contributed by atoms with Crippen LogP contribution in [0, 0.1) is 16.7 Å². The number of unbranched alkanes of at least 4 members (excludes halogenated alkanes) is 1. The van der Waals surface area contributed by atoms with Crippen LogP contribution in [0.15, 0.2) is 12.5 Å². The number of likely N-dealkylation sites (tertiary alicyclic amines) is 1. The van der Waals surface area contributed by atoms with Gasteiger partial charge in [-0.25, -0.2) is 4.98 Å². The number of primary amides is 3. The zero-order valence-corrected chi connectivity index (χ0v) is 83.3. The Bertz CT molecular complexity index is 4420. The number of carboxylic acid groups (broad SMARTS) is 1. The number of imidazole rings is 1. The van der Waals surface area contributed by atoms with Crippen LogP contribution < -0.4 is 139 Å². The Labute approximate surface area is 836 Å². The van der Waals surface area contributed by atoms with Crippen molar-refractivity contribution < 1.29 is 116 Å². The fourth-order valence-corrected chi connectivity index (χ4v) is 14.6. The van der Waals surface area contributed by atoms with Gasteiger partial charge in [0.2, 0.25) is 118 Å². The number of aliphatic carboxylic acids is 1. The van der Waals surface area contributed by atoms with E-state index in [1.165, 1.54) is 26.4 Å². The van der Waals surface area contributed by atoms with Gasteiger partial charge in [0.25, 0.3) is 5.91 Å². The first kappa shape index (κ1) is 123. The Balaban J connectivity index is 2.36. The van der Waals surface area contributed by atoms with E-state index < -0.39 is 313 Å². The second kappa shape index (κ2) is 64.4. The van der Waals surface area contributed by atoms with Crippen molar-refractivity contribution in [3.63, 3.8) is 0 Å². The van der Waals surface area contributed by atoms with E-state index in [4.69, 9.17) is 51.0 Å². The number of amides is 21. The number of rotatable bonds is 66. The van der Waals surface area contributed by atoms with Crippen LogP contribution in [-0.2, 0) is 112 Å². The number of carboxylic acids is 1. The first-order valence-electron chi connectivity index (χ1n) is 44.2. The molecule has 2 rings (SSSR count). The fourth-order valence-electron chi connectivity index (χ4n) is 13.3. The SMILES string of the molecule is CC(C)C[C@H](NC(=O)[C@H](C)NC(=O)[C@@H](NC(=O)[C@H](CCC(=O)O)NC(=O)[C@@H]1CCCN1C(=O)[C@H](C)NC(=O)[C@H](CCCCN)NC(=O)[C@H](CS)NC(=O)[C@H](CC(N)=O)NC(=O)[C@@H](N)CS)[C@@H](C)O)C(=O)N[C@@H](CS)C(=O)N[C@@H](C)C(=O)N[C@@H](CCCNC(=N)N)C(=O)N[C@@H](CCCNC(=N)N)C(=O)N[C@@H](CS)C(=O)N[C@@H](CCC(N)=O)C(=O)N[C@@H](CCC(N)=O)C(=O)N[C@@H](Cc1cnc[nH]1)C(=O)N[128I]. The molecular formula is C79H134IN31O24S4. The summed E-state index contributed by atoms with van der Waals surface area (Å²) in [5, 5.41) is 79.8. The summed E-state index contributed by atoms with van der Waals surface area (Å²) < 4.78 is 2.38. The van der Waals surface area contributed by atoms with Crippen LogP contribution >= 0.6 is 73.4 Å². The number of nitrogens with two attached hydrogens (primary N) is 7. The van der Waals surface area contributed by atoms with Gasteiger partial charge in [-0.1, -0.05) is 13.8 Å². The summed E-state index contributed by atoms with van der Waals surface area (Å²) in [5.41, 5.74) is 38.9. The van der Waals surface area contributed by atoms with Gasteiger partial charge in [-0.05, 0) is 124 Å². The number of aromatic amines is 1. The van der Waals surface area contributed by atoms with Crippen molar-refractivity contribution in [2.75, 3.05) is 49.2 Å². The van der Waals surface area contributed by atoms with Crippen molar-refractivity contribution >= 4 is 215 Å².